The fourth-order valence-electron chi connectivity index (χ4n) is 4.43. The first-order chi connectivity index (χ1) is 18.5. The van der Waals surface area contributed by atoms with Gasteiger partial charge in [-0.15, -0.1) is 0 Å². The van der Waals surface area contributed by atoms with Crippen LogP contribution in [0.15, 0.2) is 91.1 Å². The first-order valence-electron chi connectivity index (χ1n) is 12.8. The summed E-state index contributed by atoms with van der Waals surface area (Å²) >= 11 is 0. The first kappa shape index (κ1) is 26.8. The summed E-state index contributed by atoms with van der Waals surface area (Å²) in [5, 5.41) is 8.90. The van der Waals surface area contributed by atoms with Gasteiger partial charge in [0.05, 0.1) is 12.1 Å². The summed E-state index contributed by atoms with van der Waals surface area (Å²) in [6, 6.07) is 25.3. The van der Waals surface area contributed by atoms with Gasteiger partial charge in [-0.2, -0.15) is 0 Å². The molecular formula is C30H34N4O4. The van der Waals surface area contributed by atoms with E-state index in [0.717, 1.165) is 60.5 Å². The molecule has 0 unspecified atom stereocenters. The van der Waals surface area contributed by atoms with Gasteiger partial charge in [0.15, 0.2) is 0 Å². The van der Waals surface area contributed by atoms with Crippen LogP contribution >= 0.6 is 0 Å². The fourth-order valence-corrected chi connectivity index (χ4v) is 4.43. The van der Waals surface area contributed by atoms with Gasteiger partial charge in [0.1, 0.15) is 6.10 Å². The number of anilines is 2. The van der Waals surface area contributed by atoms with E-state index in [1.54, 1.807) is 0 Å². The van der Waals surface area contributed by atoms with Crippen molar-refractivity contribution in [2.45, 2.75) is 25.4 Å². The highest BCUT2D eigenvalue weighted by molar-refractivity contribution is 5.79. The highest BCUT2D eigenvalue weighted by Gasteiger charge is 2.21. The molecule has 0 bridgehead atoms. The van der Waals surface area contributed by atoms with E-state index < -0.39 is 12.1 Å². The van der Waals surface area contributed by atoms with Gasteiger partial charge >= 0.3 is 12.1 Å². The Morgan fingerprint density at radius 3 is 2.39 bits per heavy atom. The molecule has 0 aliphatic carbocycles. The van der Waals surface area contributed by atoms with Gasteiger partial charge in [0, 0.05) is 44.1 Å². The van der Waals surface area contributed by atoms with E-state index in [-0.39, 0.29) is 12.5 Å². The van der Waals surface area contributed by atoms with Crippen molar-refractivity contribution in [3.8, 4) is 11.1 Å². The minimum absolute atomic E-state index is 0.0277. The standard InChI is InChI=1S/C30H34N4O4/c1-33(25-14-12-23(13-15-25)22-29(35)36)18-7-19-34-20-16-26(17-21-34)38-30(37)32-31-28-11-6-5-10-27(28)24-8-3-2-4-9-24/h2-15,18,26,31H,16-17,19-22H2,1H3,(H,32,37)(H,35,36). The van der Waals surface area contributed by atoms with E-state index in [1.807, 2.05) is 97.0 Å². The average Bonchev–Trinajstić information content (AvgIpc) is 2.93. The average molecular weight is 515 g/mol. The topological polar surface area (TPSA) is 94.1 Å². The van der Waals surface area contributed by atoms with Crippen LogP contribution < -0.4 is 15.8 Å². The molecule has 8 nitrogen and oxygen atoms in total. The van der Waals surface area contributed by atoms with Gasteiger partial charge < -0.3 is 14.7 Å². The van der Waals surface area contributed by atoms with Crippen molar-refractivity contribution in [2.75, 3.05) is 37.0 Å². The molecule has 3 aromatic rings. The number of piperidine rings is 1. The van der Waals surface area contributed by atoms with E-state index >= 15 is 0 Å². The molecule has 198 valence electrons. The Hall–Kier alpha value is -4.30. The molecule has 38 heavy (non-hydrogen) atoms. The van der Waals surface area contributed by atoms with E-state index in [9.17, 15) is 9.59 Å². The van der Waals surface area contributed by atoms with Crippen LogP contribution in [0.4, 0.5) is 16.2 Å². The maximum absolute atomic E-state index is 12.4. The van der Waals surface area contributed by atoms with E-state index in [4.69, 9.17) is 9.84 Å². The molecule has 0 saturated carbocycles. The second kappa shape index (κ2) is 13.3. The summed E-state index contributed by atoms with van der Waals surface area (Å²) in [6.07, 6.45) is 5.11. The fraction of sp³-hybridized carbons (Fsp3) is 0.267. The number of hydrazine groups is 1. The summed E-state index contributed by atoms with van der Waals surface area (Å²) in [6.45, 7) is 2.50. The zero-order valence-electron chi connectivity index (χ0n) is 21.5. The van der Waals surface area contributed by atoms with Crippen molar-refractivity contribution >= 4 is 23.4 Å². The molecule has 1 saturated heterocycles. The van der Waals surface area contributed by atoms with E-state index in [0.29, 0.717) is 0 Å². The predicted octanol–water partition coefficient (Wildman–Crippen LogP) is 5.15. The monoisotopic (exact) mass is 514 g/mol. The smallest absolute Gasteiger partial charge is 0.426 e. The molecule has 3 aromatic carbocycles. The largest absolute Gasteiger partial charge is 0.481 e. The minimum Gasteiger partial charge on any atom is -0.481 e. The number of carboxylic acid groups (broad SMARTS) is 1. The number of para-hydroxylation sites is 1. The SMILES string of the molecule is CN(C=CCN1CCC(OC(=O)NNc2ccccc2-c2ccccc2)CC1)c1ccc(CC(=O)O)cc1. The lowest BCUT2D eigenvalue weighted by molar-refractivity contribution is -0.136. The minimum atomic E-state index is -0.831. The molecule has 1 amide bonds. The van der Waals surface area contributed by atoms with Crippen molar-refractivity contribution < 1.29 is 19.4 Å². The number of aliphatic carboxylic acids is 1. The Morgan fingerprint density at radius 2 is 1.68 bits per heavy atom. The normalized spacial score (nSPS) is 14.2. The van der Waals surface area contributed by atoms with E-state index in [2.05, 4.69) is 21.8 Å². The number of carbonyl (C=O) groups excluding carboxylic acids is 1. The predicted molar refractivity (Wildman–Crippen MR) is 150 cm³/mol. The van der Waals surface area contributed by atoms with Gasteiger partial charge in [0.2, 0.25) is 0 Å². The van der Waals surface area contributed by atoms with Crippen LogP contribution in [0.3, 0.4) is 0 Å². The second-order valence-corrected chi connectivity index (χ2v) is 9.30. The maximum atomic E-state index is 12.4. The molecule has 1 fully saturated rings. The van der Waals surface area contributed by atoms with Gasteiger partial charge in [0.25, 0.3) is 0 Å². The number of carbonyl (C=O) groups is 2. The molecular weight excluding hydrogens is 480 g/mol. The first-order valence-corrected chi connectivity index (χ1v) is 12.8. The second-order valence-electron chi connectivity index (χ2n) is 9.30. The Kier molecular flexibility index (Phi) is 9.37. The molecule has 8 heteroatoms. The molecule has 1 heterocycles. The number of ether oxygens (including phenoxy) is 1. The van der Waals surface area contributed by atoms with Crippen molar-refractivity contribution in [2.24, 2.45) is 0 Å². The molecule has 1 aliphatic rings. The molecule has 4 rings (SSSR count). The number of likely N-dealkylation sites (tertiary alicyclic amines) is 1. The van der Waals surface area contributed by atoms with Gasteiger partial charge in [-0.05, 0) is 42.2 Å². The van der Waals surface area contributed by atoms with Crippen molar-refractivity contribution in [1.29, 1.82) is 0 Å². The summed E-state index contributed by atoms with van der Waals surface area (Å²) in [4.78, 5) is 27.6. The van der Waals surface area contributed by atoms with Crippen LogP contribution in [0.1, 0.15) is 18.4 Å². The van der Waals surface area contributed by atoms with Crippen molar-refractivity contribution in [3.05, 3.63) is 96.7 Å². The summed E-state index contributed by atoms with van der Waals surface area (Å²) < 4.78 is 5.64. The molecule has 1 aliphatic heterocycles. The van der Waals surface area contributed by atoms with Crippen molar-refractivity contribution in [3.63, 3.8) is 0 Å². The van der Waals surface area contributed by atoms with Crippen molar-refractivity contribution in [1.82, 2.24) is 10.3 Å². The van der Waals surface area contributed by atoms with E-state index in [1.165, 1.54) is 0 Å². The highest BCUT2D eigenvalue weighted by Crippen LogP contribution is 2.27. The Balaban J connectivity index is 1.17. The number of rotatable bonds is 10. The molecule has 0 radical (unpaired) electrons. The van der Waals surface area contributed by atoms with Crippen LogP contribution in [-0.2, 0) is 16.0 Å². The third-order valence-electron chi connectivity index (χ3n) is 6.51. The Morgan fingerprint density at radius 1 is 1.00 bits per heavy atom. The van der Waals surface area contributed by atoms with Gasteiger partial charge in [-0.3, -0.25) is 15.1 Å². The van der Waals surface area contributed by atoms with Crippen LogP contribution in [-0.4, -0.2) is 54.9 Å². The number of hydrogen-bond donors (Lipinski definition) is 3. The lowest BCUT2D eigenvalue weighted by Gasteiger charge is -2.31. The number of nitrogens with one attached hydrogen (secondary N) is 2. The number of nitrogens with zero attached hydrogens (tertiary/aromatic N) is 2. The summed E-state index contributed by atoms with van der Waals surface area (Å²) in [7, 11) is 1.97. The number of carboxylic acids is 1. The number of hydrogen-bond acceptors (Lipinski definition) is 6. The molecule has 0 aromatic heterocycles. The van der Waals surface area contributed by atoms with Crippen LogP contribution in [0, 0.1) is 0 Å². The highest BCUT2D eigenvalue weighted by atomic mass is 16.6. The third-order valence-corrected chi connectivity index (χ3v) is 6.51. The summed E-state index contributed by atoms with van der Waals surface area (Å²) in [5.41, 5.74) is 10.3. The quantitative estimate of drug-likeness (QED) is 0.322. The van der Waals surface area contributed by atoms with Crippen LogP contribution in [0.2, 0.25) is 0 Å². The number of amides is 1. The molecule has 0 spiro atoms. The lowest BCUT2D eigenvalue weighted by Crippen LogP contribution is -2.40. The third kappa shape index (κ3) is 7.85. The zero-order chi connectivity index (χ0) is 26.7. The Bertz CT molecular complexity index is 1220. The maximum Gasteiger partial charge on any atom is 0.426 e. The van der Waals surface area contributed by atoms with Gasteiger partial charge in [-0.1, -0.05) is 66.7 Å². The zero-order valence-corrected chi connectivity index (χ0v) is 21.5. The molecule has 3 N–H and O–H groups in total. The van der Waals surface area contributed by atoms with Gasteiger partial charge in [-0.25, -0.2) is 10.2 Å². The number of benzene rings is 3. The Labute approximate surface area is 223 Å². The summed E-state index contributed by atoms with van der Waals surface area (Å²) in [5.74, 6) is -0.831. The molecule has 0 atom stereocenters. The van der Waals surface area contributed by atoms with Crippen LogP contribution in [0.25, 0.3) is 11.1 Å². The van der Waals surface area contributed by atoms with Crippen LogP contribution in [0.5, 0.6) is 0 Å². The lowest BCUT2D eigenvalue weighted by atomic mass is 10.0.